The standard InChI is InChI=1S/C5H14N2.C3H10N2/c1-4-5-6-7(2)3;1-3(5)2-4/h6H,4-5H2,1-3H3;3H,2,4-5H2,1H3. The summed E-state index contributed by atoms with van der Waals surface area (Å²) in [5, 5.41) is 1.96. The first kappa shape index (κ1) is 14.4. The van der Waals surface area contributed by atoms with Gasteiger partial charge in [0.15, 0.2) is 0 Å². The second-order valence-corrected chi connectivity index (χ2v) is 3.02. The van der Waals surface area contributed by atoms with Crippen LogP contribution in [-0.4, -0.2) is 38.2 Å². The average Bonchev–Trinajstić information content (AvgIpc) is 2.02. The van der Waals surface area contributed by atoms with Crippen LogP contribution in [0.15, 0.2) is 0 Å². The van der Waals surface area contributed by atoms with Crippen LogP contribution < -0.4 is 16.9 Å². The van der Waals surface area contributed by atoms with Crippen molar-refractivity contribution in [3.8, 4) is 0 Å². The van der Waals surface area contributed by atoms with Gasteiger partial charge in [0.2, 0.25) is 0 Å². The van der Waals surface area contributed by atoms with E-state index in [1.165, 1.54) is 6.42 Å². The van der Waals surface area contributed by atoms with Crippen molar-refractivity contribution in [2.75, 3.05) is 27.2 Å². The van der Waals surface area contributed by atoms with Gasteiger partial charge in [0.05, 0.1) is 0 Å². The van der Waals surface area contributed by atoms with Crippen molar-refractivity contribution in [2.45, 2.75) is 26.3 Å². The molecule has 0 saturated carbocycles. The quantitative estimate of drug-likeness (QED) is 0.517. The zero-order valence-corrected chi connectivity index (χ0v) is 8.80. The van der Waals surface area contributed by atoms with E-state index in [0.717, 1.165) is 6.54 Å². The summed E-state index contributed by atoms with van der Waals surface area (Å²) in [6.45, 7) is 5.68. The Bertz CT molecular complexity index is 73.5. The fourth-order valence-corrected chi connectivity index (χ4v) is 0.335. The summed E-state index contributed by atoms with van der Waals surface area (Å²) in [4.78, 5) is 0. The molecular formula is C8H24N4. The maximum atomic E-state index is 5.17. The van der Waals surface area contributed by atoms with Gasteiger partial charge >= 0.3 is 0 Å². The molecule has 0 aromatic rings. The molecule has 1 atom stereocenters. The second-order valence-electron chi connectivity index (χ2n) is 3.02. The average molecular weight is 176 g/mol. The molecule has 0 aliphatic rings. The molecule has 0 aromatic heterocycles. The first-order valence-corrected chi connectivity index (χ1v) is 4.41. The van der Waals surface area contributed by atoms with Gasteiger partial charge in [-0.3, -0.25) is 10.4 Å². The molecule has 0 radical (unpaired) electrons. The molecule has 4 heteroatoms. The summed E-state index contributed by atoms with van der Waals surface area (Å²) in [7, 11) is 3.99. The maximum Gasteiger partial charge on any atom is 0.0134 e. The number of hydrogen-bond donors (Lipinski definition) is 3. The van der Waals surface area contributed by atoms with Crippen molar-refractivity contribution in [3.05, 3.63) is 0 Å². The molecule has 0 aromatic carbocycles. The molecular weight excluding hydrogens is 152 g/mol. The van der Waals surface area contributed by atoms with Crippen molar-refractivity contribution in [2.24, 2.45) is 11.5 Å². The topological polar surface area (TPSA) is 67.3 Å². The highest BCUT2D eigenvalue weighted by molar-refractivity contribution is 4.48. The number of hydrogen-bond acceptors (Lipinski definition) is 4. The zero-order chi connectivity index (χ0) is 9.98. The van der Waals surface area contributed by atoms with Crippen molar-refractivity contribution in [1.29, 1.82) is 0 Å². The van der Waals surface area contributed by atoms with E-state index in [1.54, 1.807) is 0 Å². The minimum Gasteiger partial charge on any atom is -0.329 e. The Hall–Kier alpha value is -0.160. The smallest absolute Gasteiger partial charge is 0.0134 e. The van der Waals surface area contributed by atoms with Gasteiger partial charge < -0.3 is 11.5 Å². The van der Waals surface area contributed by atoms with Gasteiger partial charge in [-0.2, -0.15) is 0 Å². The number of nitrogens with zero attached hydrogens (tertiary/aromatic N) is 1. The largest absolute Gasteiger partial charge is 0.329 e. The van der Waals surface area contributed by atoms with E-state index in [0.29, 0.717) is 6.54 Å². The Balaban J connectivity index is 0. The van der Waals surface area contributed by atoms with Crippen LogP contribution in [0.25, 0.3) is 0 Å². The Morgan fingerprint density at radius 3 is 1.92 bits per heavy atom. The highest BCUT2D eigenvalue weighted by Crippen LogP contribution is 1.68. The first-order valence-electron chi connectivity index (χ1n) is 4.41. The zero-order valence-electron chi connectivity index (χ0n) is 8.80. The van der Waals surface area contributed by atoms with Crippen molar-refractivity contribution in [1.82, 2.24) is 10.4 Å². The molecule has 0 aliphatic heterocycles. The summed E-state index contributed by atoms with van der Waals surface area (Å²) in [6.07, 6.45) is 1.19. The molecule has 12 heavy (non-hydrogen) atoms. The van der Waals surface area contributed by atoms with E-state index in [9.17, 15) is 0 Å². The highest BCUT2D eigenvalue weighted by Gasteiger charge is 1.80. The molecule has 0 bridgehead atoms. The molecule has 0 aliphatic carbocycles. The molecule has 0 fully saturated rings. The summed E-state index contributed by atoms with van der Waals surface area (Å²) in [5.74, 6) is 0. The maximum absolute atomic E-state index is 5.17. The molecule has 0 rings (SSSR count). The van der Waals surface area contributed by atoms with Crippen LogP contribution in [-0.2, 0) is 0 Å². The van der Waals surface area contributed by atoms with Gasteiger partial charge in [0, 0.05) is 33.2 Å². The number of hydrazine groups is 1. The Morgan fingerprint density at radius 2 is 1.83 bits per heavy atom. The molecule has 76 valence electrons. The number of nitrogens with two attached hydrogens (primary N) is 2. The van der Waals surface area contributed by atoms with Crippen LogP contribution in [0, 0.1) is 0 Å². The Kier molecular flexibility index (Phi) is 13.0. The van der Waals surface area contributed by atoms with Crippen molar-refractivity contribution >= 4 is 0 Å². The van der Waals surface area contributed by atoms with Crippen LogP contribution in [0.2, 0.25) is 0 Å². The SMILES string of the molecule is CC(N)CN.CCCNN(C)C. The van der Waals surface area contributed by atoms with Crippen LogP contribution >= 0.6 is 0 Å². The van der Waals surface area contributed by atoms with E-state index < -0.39 is 0 Å². The van der Waals surface area contributed by atoms with Crippen LogP contribution in [0.5, 0.6) is 0 Å². The minimum atomic E-state index is 0.162. The molecule has 1 unspecified atom stereocenters. The van der Waals surface area contributed by atoms with E-state index in [4.69, 9.17) is 11.5 Å². The summed E-state index contributed by atoms with van der Waals surface area (Å²) in [5.41, 5.74) is 13.3. The Morgan fingerprint density at radius 1 is 1.42 bits per heavy atom. The third-order valence-electron chi connectivity index (χ3n) is 1.05. The summed E-state index contributed by atoms with van der Waals surface area (Å²) in [6, 6.07) is 0.162. The lowest BCUT2D eigenvalue weighted by molar-refractivity contribution is 0.291. The predicted molar refractivity (Wildman–Crippen MR) is 54.7 cm³/mol. The van der Waals surface area contributed by atoms with Crippen LogP contribution in [0.1, 0.15) is 20.3 Å². The van der Waals surface area contributed by atoms with Crippen molar-refractivity contribution in [3.63, 3.8) is 0 Å². The molecule has 0 spiro atoms. The van der Waals surface area contributed by atoms with E-state index >= 15 is 0 Å². The summed E-state index contributed by atoms with van der Waals surface area (Å²) < 4.78 is 0. The lowest BCUT2D eigenvalue weighted by Crippen LogP contribution is -2.30. The third kappa shape index (κ3) is 22.5. The van der Waals surface area contributed by atoms with Gasteiger partial charge in [-0.05, 0) is 13.3 Å². The third-order valence-corrected chi connectivity index (χ3v) is 1.05. The van der Waals surface area contributed by atoms with Gasteiger partial charge in [-0.15, -0.1) is 0 Å². The first-order chi connectivity index (χ1) is 5.54. The van der Waals surface area contributed by atoms with Crippen molar-refractivity contribution < 1.29 is 0 Å². The van der Waals surface area contributed by atoms with E-state index in [-0.39, 0.29) is 6.04 Å². The lowest BCUT2D eigenvalue weighted by Gasteiger charge is -2.08. The predicted octanol–water partition coefficient (Wildman–Crippen LogP) is -0.245. The second kappa shape index (κ2) is 10.8. The van der Waals surface area contributed by atoms with Crippen LogP contribution in [0.3, 0.4) is 0 Å². The van der Waals surface area contributed by atoms with Crippen LogP contribution in [0.4, 0.5) is 0 Å². The number of rotatable bonds is 4. The highest BCUT2D eigenvalue weighted by atomic mass is 15.5. The van der Waals surface area contributed by atoms with E-state index in [2.05, 4.69) is 12.3 Å². The van der Waals surface area contributed by atoms with Gasteiger partial charge in [0.25, 0.3) is 0 Å². The molecule has 4 nitrogen and oxygen atoms in total. The number of nitrogens with one attached hydrogen (secondary N) is 1. The van der Waals surface area contributed by atoms with Gasteiger partial charge in [-0.1, -0.05) is 6.92 Å². The van der Waals surface area contributed by atoms with E-state index in [1.807, 2.05) is 26.0 Å². The molecule has 0 heterocycles. The monoisotopic (exact) mass is 176 g/mol. The lowest BCUT2D eigenvalue weighted by atomic mass is 10.4. The van der Waals surface area contributed by atoms with Gasteiger partial charge in [-0.25, -0.2) is 0 Å². The minimum absolute atomic E-state index is 0.162. The fourth-order valence-electron chi connectivity index (χ4n) is 0.335. The molecule has 0 saturated heterocycles. The Labute approximate surface area is 76.3 Å². The molecule has 5 N–H and O–H groups in total. The fraction of sp³-hybridized carbons (Fsp3) is 1.00. The normalized spacial score (nSPS) is 12.2. The molecule has 0 amide bonds. The summed E-state index contributed by atoms with van der Waals surface area (Å²) >= 11 is 0. The van der Waals surface area contributed by atoms with Gasteiger partial charge in [0.1, 0.15) is 0 Å².